The van der Waals surface area contributed by atoms with Crippen LogP contribution in [0.5, 0.6) is 0 Å². The second-order valence-corrected chi connectivity index (χ2v) is 5.50. The number of hydrogen-bond donors (Lipinski definition) is 1. The molecule has 0 amide bonds. The summed E-state index contributed by atoms with van der Waals surface area (Å²) in [5, 5.41) is 7.53. The van der Waals surface area contributed by atoms with Gasteiger partial charge in [0.05, 0.1) is 4.34 Å². The summed E-state index contributed by atoms with van der Waals surface area (Å²) in [6.07, 6.45) is 2.40. The first kappa shape index (κ1) is 12.5. The largest absolute Gasteiger partial charge is 0.309 e. The molecule has 92 valence electrons. The fourth-order valence-corrected chi connectivity index (χ4v) is 2.86. The molecule has 1 atom stereocenters. The Labute approximate surface area is 110 Å². The average Bonchev–Trinajstić information content (AvgIpc) is 2.88. The molecule has 0 bridgehead atoms. The molecule has 6 heteroatoms. The number of hydrogen-bond acceptors (Lipinski definition) is 4. The molecule has 0 aliphatic rings. The molecule has 0 fully saturated rings. The van der Waals surface area contributed by atoms with Crippen LogP contribution in [0.3, 0.4) is 0 Å². The molecule has 2 aromatic heterocycles. The molecule has 0 aromatic carbocycles. The second-order valence-electron chi connectivity index (χ2n) is 3.76. The number of nitrogens with one attached hydrogen (secondary N) is 1. The number of likely N-dealkylation sites (N-methyl/N-ethyl adjacent to an activating group) is 1. The Morgan fingerprint density at radius 2 is 2.35 bits per heavy atom. The monoisotopic (exact) mass is 270 g/mol. The van der Waals surface area contributed by atoms with Crippen LogP contribution in [-0.4, -0.2) is 21.3 Å². The molecule has 4 nitrogen and oxygen atoms in total. The molecule has 2 rings (SSSR count). The Morgan fingerprint density at radius 3 is 2.88 bits per heavy atom. The summed E-state index contributed by atoms with van der Waals surface area (Å²) >= 11 is 7.58. The van der Waals surface area contributed by atoms with Crippen molar-refractivity contribution < 1.29 is 0 Å². The lowest BCUT2D eigenvalue weighted by Gasteiger charge is -2.15. The van der Waals surface area contributed by atoms with Crippen molar-refractivity contribution >= 4 is 22.9 Å². The van der Waals surface area contributed by atoms with Gasteiger partial charge in [0, 0.05) is 24.4 Å². The van der Waals surface area contributed by atoms with Gasteiger partial charge < -0.3 is 5.32 Å². The molecule has 0 aliphatic heterocycles. The van der Waals surface area contributed by atoms with Gasteiger partial charge in [0.1, 0.15) is 12.2 Å². The van der Waals surface area contributed by atoms with E-state index in [0.29, 0.717) is 0 Å². The summed E-state index contributed by atoms with van der Waals surface area (Å²) in [6.45, 7) is 3.01. The standard InChI is InChI=1S/C11H15ClN4S/c1-3-13-8(9-4-5-10(12)17-9)6-11-14-7-15-16(11)2/h4-5,7-8,13H,3,6H2,1-2H3. The lowest BCUT2D eigenvalue weighted by molar-refractivity contribution is 0.529. The molecule has 0 saturated heterocycles. The highest BCUT2D eigenvalue weighted by atomic mass is 35.5. The molecule has 0 radical (unpaired) electrons. The molecule has 2 heterocycles. The van der Waals surface area contributed by atoms with Crippen molar-refractivity contribution in [3.05, 3.63) is 33.5 Å². The maximum absolute atomic E-state index is 5.98. The Balaban J connectivity index is 2.15. The van der Waals surface area contributed by atoms with Crippen molar-refractivity contribution in [2.45, 2.75) is 19.4 Å². The van der Waals surface area contributed by atoms with Crippen LogP contribution in [0, 0.1) is 0 Å². The molecule has 0 saturated carbocycles. The van der Waals surface area contributed by atoms with E-state index in [9.17, 15) is 0 Å². The minimum Gasteiger partial charge on any atom is -0.309 e. The van der Waals surface area contributed by atoms with E-state index in [1.54, 1.807) is 22.3 Å². The van der Waals surface area contributed by atoms with Gasteiger partial charge in [-0.1, -0.05) is 18.5 Å². The van der Waals surface area contributed by atoms with E-state index in [1.807, 2.05) is 13.1 Å². The van der Waals surface area contributed by atoms with Gasteiger partial charge in [-0.05, 0) is 18.7 Å². The number of thiophene rings is 1. The van der Waals surface area contributed by atoms with Gasteiger partial charge in [-0.25, -0.2) is 4.98 Å². The van der Waals surface area contributed by atoms with Gasteiger partial charge in [-0.15, -0.1) is 11.3 Å². The minimum atomic E-state index is 0.250. The number of aryl methyl sites for hydroxylation is 1. The third-order valence-corrected chi connectivity index (χ3v) is 3.92. The SMILES string of the molecule is CCNC(Cc1ncnn1C)c1ccc(Cl)s1. The van der Waals surface area contributed by atoms with Crippen molar-refractivity contribution in [3.63, 3.8) is 0 Å². The molecular weight excluding hydrogens is 256 g/mol. The number of nitrogens with zero attached hydrogens (tertiary/aromatic N) is 3. The lowest BCUT2D eigenvalue weighted by Crippen LogP contribution is -2.23. The third-order valence-electron chi connectivity index (χ3n) is 2.58. The minimum absolute atomic E-state index is 0.250. The van der Waals surface area contributed by atoms with Gasteiger partial charge in [-0.3, -0.25) is 4.68 Å². The van der Waals surface area contributed by atoms with Crippen LogP contribution in [0.1, 0.15) is 23.7 Å². The van der Waals surface area contributed by atoms with Crippen molar-refractivity contribution in [2.24, 2.45) is 7.05 Å². The first-order chi connectivity index (χ1) is 8.20. The average molecular weight is 271 g/mol. The van der Waals surface area contributed by atoms with Gasteiger partial charge in [0.25, 0.3) is 0 Å². The molecule has 0 aliphatic carbocycles. The molecule has 1 unspecified atom stereocenters. The maximum atomic E-state index is 5.98. The predicted molar refractivity (Wildman–Crippen MR) is 70.5 cm³/mol. The van der Waals surface area contributed by atoms with Crippen LogP contribution in [0.2, 0.25) is 4.34 Å². The molecular formula is C11H15ClN4S. The van der Waals surface area contributed by atoms with Crippen LogP contribution in [0.15, 0.2) is 18.5 Å². The van der Waals surface area contributed by atoms with E-state index >= 15 is 0 Å². The van der Waals surface area contributed by atoms with E-state index in [2.05, 4.69) is 28.4 Å². The lowest BCUT2D eigenvalue weighted by atomic mass is 10.1. The fourth-order valence-electron chi connectivity index (χ4n) is 1.72. The van der Waals surface area contributed by atoms with Gasteiger partial charge in [-0.2, -0.15) is 5.10 Å². The van der Waals surface area contributed by atoms with Crippen molar-refractivity contribution in [1.82, 2.24) is 20.1 Å². The van der Waals surface area contributed by atoms with E-state index in [4.69, 9.17) is 11.6 Å². The zero-order chi connectivity index (χ0) is 12.3. The topological polar surface area (TPSA) is 42.7 Å². The summed E-state index contributed by atoms with van der Waals surface area (Å²) in [5.74, 6) is 0.973. The van der Waals surface area contributed by atoms with E-state index in [1.165, 1.54) is 4.88 Å². The quantitative estimate of drug-likeness (QED) is 0.907. The normalized spacial score (nSPS) is 12.9. The first-order valence-corrected chi connectivity index (χ1v) is 6.71. The smallest absolute Gasteiger partial charge is 0.138 e. The van der Waals surface area contributed by atoms with Crippen molar-refractivity contribution in [3.8, 4) is 0 Å². The van der Waals surface area contributed by atoms with Crippen LogP contribution in [-0.2, 0) is 13.5 Å². The third kappa shape index (κ3) is 3.06. The summed E-state index contributed by atoms with van der Waals surface area (Å²) < 4.78 is 2.63. The fraction of sp³-hybridized carbons (Fsp3) is 0.455. The predicted octanol–water partition coefficient (Wildman–Crippen LogP) is 2.42. The Hall–Kier alpha value is -0.910. The second kappa shape index (κ2) is 5.62. The number of aromatic nitrogens is 3. The van der Waals surface area contributed by atoms with Gasteiger partial charge in [0.2, 0.25) is 0 Å². The Bertz CT molecular complexity index is 479. The first-order valence-electron chi connectivity index (χ1n) is 5.52. The van der Waals surface area contributed by atoms with Crippen molar-refractivity contribution in [1.29, 1.82) is 0 Å². The molecule has 0 spiro atoms. The summed E-state index contributed by atoms with van der Waals surface area (Å²) in [4.78, 5) is 5.49. The summed E-state index contributed by atoms with van der Waals surface area (Å²) in [6, 6.07) is 4.25. The van der Waals surface area contributed by atoms with Gasteiger partial charge >= 0.3 is 0 Å². The summed E-state index contributed by atoms with van der Waals surface area (Å²) in [5.41, 5.74) is 0. The maximum Gasteiger partial charge on any atom is 0.138 e. The Kier molecular flexibility index (Phi) is 4.15. The zero-order valence-electron chi connectivity index (χ0n) is 9.85. The van der Waals surface area contributed by atoms with Crippen molar-refractivity contribution in [2.75, 3.05) is 6.54 Å². The summed E-state index contributed by atoms with van der Waals surface area (Å²) in [7, 11) is 1.91. The Morgan fingerprint density at radius 1 is 1.53 bits per heavy atom. The van der Waals surface area contributed by atoms with E-state index < -0.39 is 0 Å². The molecule has 17 heavy (non-hydrogen) atoms. The van der Waals surface area contributed by atoms with Gasteiger partial charge in [0.15, 0.2) is 0 Å². The highest BCUT2D eigenvalue weighted by Crippen LogP contribution is 2.28. The van der Waals surface area contributed by atoms with Crippen LogP contribution >= 0.6 is 22.9 Å². The van der Waals surface area contributed by atoms with Crippen LogP contribution in [0.25, 0.3) is 0 Å². The van der Waals surface area contributed by atoms with E-state index in [0.717, 1.165) is 23.1 Å². The molecule has 2 aromatic rings. The van der Waals surface area contributed by atoms with E-state index in [-0.39, 0.29) is 6.04 Å². The van der Waals surface area contributed by atoms with Crippen LogP contribution < -0.4 is 5.32 Å². The highest BCUT2D eigenvalue weighted by Gasteiger charge is 2.15. The highest BCUT2D eigenvalue weighted by molar-refractivity contribution is 7.16. The van der Waals surface area contributed by atoms with Crippen LogP contribution in [0.4, 0.5) is 0 Å². The zero-order valence-corrected chi connectivity index (χ0v) is 11.4. The number of halogens is 1. The number of rotatable bonds is 5. The molecule has 1 N–H and O–H groups in total.